The fraction of sp³-hybridized carbons (Fsp3) is 0.321. The van der Waals surface area contributed by atoms with Crippen LogP contribution in [0.1, 0.15) is 34.3 Å². The van der Waals surface area contributed by atoms with Gasteiger partial charge in [-0.15, -0.1) is 0 Å². The molecule has 0 radical (unpaired) electrons. The van der Waals surface area contributed by atoms with E-state index in [0.717, 1.165) is 49.2 Å². The number of piperidine rings is 1. The smallest absolute Gasteiger partial charge is 0.427 e. The number of benzene rings is 2. The van der Waals surface area contributed by atoms with Crippen molar-refractivity contribution in [1.82, 2.24) is 15.2 Å². The summed E-state index contributed by atoms with van der Waals surface area (Å²) in [5, 5.41) is 19.9. The highest BCUT2D eigenvalue weighted by Gasteiger charge is 2.30. The third-order valence-electron chi connectivity index (χ3n) is 6.46. The Morgan fingerprint density at radius 1 is 1.05 bits per heavy atom. The van der Waals surface area contributed by atoms with Gasteiger partial charge in [-0.25, -0.2) is 24.2 Å². The largest absolute Gasteiger partial charge is 0.478 e. The molecule has 0 atom stereocenters. The van der Waals surface area contributed by atoms with Crippen molar-refractivity contribution in [3.8, 4) is 0 Å². The van der Waals surface area contributed by atoms with E-state index >= 15 is 0 Å². The Morgan fingerprint density at radius 2 is 1.68 bits per heavy atom. The molecule has 11 nitrogen and oxygen atoms in total. The Kier molecular flexibility index (Phi) is 10.7. The molecular formula is C28H31FN4O7. The van der Waals surface area contributed by atoms with E-state index in [2.05, 4.69) is 20.2 Å². The highest BCUT2D eigenvalue weighted by molar-refractivity contribution is 5.98. The van der Waals surface area contributed by atoms with Gasteiger partial charge in [-0.2, -0.15) is 5.10 Å². The summed E-state index contributed by atoms with van der Waals surface area (Å²) in [6, 6.07) is 14.0. The Bertz CT molecular complexity index is 1260. The molecule has 1 fully saturated rings. The van der Waals surface area contributed by atoms with Crippen molar-refractivity contribution in [2.24, 2.45) is 11.0 Å². The number of hydrogen-bond donors (Lipinski definition) is 3. The molecule has 0 aliphatic carbocycles. The number of hydrazone groups is 1. The molecular weight excluding hydrogens is 523 g/mol. The predicted molar refractivity (Wildman–Crippen MR) is 143 cm³/mol. The number of rotatable bonds is 7. The number of carboxylic acid groups (broad SMARTS) is 2. The lowest BCUT2D eigenvalue weighted by Gasteiger charge is -2.35. The van der Waals surface area contributed by atoms with Crippen molar-refractivity contribution in [3.05, 3.63) is 83.2 Å². The molecule has 0 spiro atoms. The molecule has 212 valence electrons. The topological polar surface area (TPSA) is 149 Å². The van der Waals surface area contributed by atoms with Crippen LogP contribution < -0.4 is 5.43 Å². The van der Waals surface area contributed by atoms with Crippen LogP contribution in [-0.2, 0) is 27.3 Å². The number of aliphatic carboxylic acids is 2. The lowest BCUT2D eigenvalue weighted by Crippen LogP contribution is -2.43. The number of amidine groups is 1. The summed E-state index contributed by atoms with van der Waals surface area (Å²) in [6.45, 7) is 2.95. The molecule has 1 saturated heterocycles. The quantitative estimate of drug-likeness (QED) is 0.205. The lowest BCUT2D eigenvalue weighted by atomic mass is 9.95. The van der Waals surface area contributed by atoms with Gasteiger partial charge in [0, 0.05) is 50.3 Å². The first kappa shape index (κ1) is 29.8. The molecule has 2 amide bonds. The number of halogens is 1. The van der Waals surface area contributed by atoms with Gasteiger partial charge in [-0.05, 0) is 48.1 Å². The minimum absolute atomic E-state index is 0.115. The van der Waals surface area contributed by atoms with E-state index in [1.807, 2.05) is 29.2 Å². The monoisotopic (exact) mass is 554 g/mol. The number of carbonyl (C=O) groups excluding carboxylic acids is 2. The average Bonchev–Trinajstić information content (AvgIpc) is 3.26. The summed E-state index contributed by atoms with van der Waals surface area (Å²) in [7, 11) is 1.29. The van der Waals surface area contributed by atoms with E-state index in [-0.39, 0.29) is 11.7 Å². The molecule has 2 aromatic rings. The zero-order chi connectivity index (χ0) is 29.1. The van der Waals surface area contributed by atoms with Crippen LogP contribution in [0.5, 0.6) is 0 Å². The molecule has 2 aliphatic rings. The Labute approximate surface area is 230 Å². The maximum absolute atomic E-state index is 13.3. The minimum Gasteiger partial charge on any atom is -0.478 e. The van der Waals surface area contributed by atoms with Crippen molar-refractivity contribution in [3.63, 3.8) is 0 Å². The number of methoxy groups -OCH3 is 1. The first-order valence-corrected chi connectivity index (χ1v) is 12.6. The second-order valence-corrected chi connectivity index (χ2v) is 9.22. The van der Waals surface area contributed by atoms with Crippen LogP contribution in [0, 0.1) is 11.7 Å². The van der Waals surface area contributed by atoms with Crippen molar-refractivity contribution in [2.75, 3.05) is 26.7 Å². The summed E-state index contributed by atoms with van der Waals surface area (Å²) in [4.78, 5) is 47.4. The number of amides is 2. The van der Waals surface area contributed by atoms with Gasteiger partial charge >= 0.3 is 18.0 Å². The number of nitrogens with zero attached hydrogens (tertiary/aromatic N) is 3. The molecule has 12 heteroatoms. The van der Waals surface area contributed by atoms with E-state index in [4.69, 9.17) is 10.2 Å². The molecule has 2 aliphatic heterocycles. The Morgan fingerprint density at radius 3 is 2.25 bits per heavy atom. The van der Waals surface area contributed by atoms with Crippen LogP contribution in [0.3, 0.4) is 0 Å². The number of carbonyl (C=O) groups is 4. The van der Waals surface area contributed by atoms with Gasteiger partial charge in [0.05, 0.1) is 7.11 Å². The van der Waals surface area contributed by atoms with Crippen LogP contribution in [0.25, 0.3) is 0 Å². The number of likely N-dealkylation sites (tertiary alicyclic amines) is 1. The summed E-state index contributed by atoms with van der Waals surface area (Å²) >= 11 is 0. The lowest BCUT2D eigenvalue weighted by molar-refractivity contribution is -0.134. The van der Waals surface area contributed by atoms with Crippen LogP contribution >= 0.6 is 0 Å². The maximum atomic E-state index is 13.3. The molecule has 0 aromatic heterocycles. The highest BCUT2D eigenvalue weighted by Crippen LogP contribution is 2.26. The fourth-order valence-corrected chi connectivity index (χ4v) is 4.45. The summed E-state index contributed by atoms with van der Waals surface area (Å²) in [5.41, 5.74) is 5.22. The summed E-state index contributed by atoms with van der Waals surface area (Å²) in [6.07, 6.45) is 2.78. The van der Waals surface area contributed by atoms with Crippen molar-refractivity contribution < 1.29 is 38.5 Å². The normalized spacial score (nSPS) is 15.3. The standard InChI is InChI=1S/C24H27FN4O3.C4H4O4/c1-32-24(31)27-26-22(14-17-6-8-20(25)9-7-17)28-12-10-18(11-13-28)15-29-16-19-4-2-3-5-21(19)23(29)30;5-3(6)1-2-4(7)8/h2-9,18H,10-16H2,1H3,(H,27,31);1-2H,(H,5,6)(H,7,8). The average molecular weight is 555 g/mol. The highest BCUT2D eigenvalue weighted by atomic mass is 19.1. The maximum Gasteiger partial charge on any atom is 0.427 e. The minimum atomic E-state index is -1.26. The molecule has 40 heavy (non-hydrogen) atoms. The van der Waals surface area contributed by atoms with E-state index in [1.165, 1.54) is 19.2 Å². The number of fused-ring (bicyclic) bond motifs is 1. The third-order valence-corrected chi connectivity index (χ3v) is 6.46. The van der Waals surface area contributed by atoms with Crippen molar-refractivity contribution in [2.45, 2.75) is 25.8 Å². The van der Waals surface area contributed by atoms with E-state index in [1.54, 1.807) is 12.1 Å². The Hall–Kier alpha value is -4.74. The molecule has 0 bridgehead atoms. The number of ether oxygens (including phenoxy) is 1. The molecule has 0 unspecified atom stereocenters. The van der Waals surface area contributed by atoms with E-state index in [9.17, 15) is 23.6 Å². The van der Waals surface area contributed by atoms with Crippen LogP contribution in [0.2, 0.25) is 0 Å². The van der Waals surface area contributed by atoms with Gasteiger partial charge in [0.1, 0.15) is 11.7 Å². The van der Waals surface area contributed by atoms with E-state index in [0.29, 0.717) is 36.9 Å². The summed E-state index contributed by atoms with van der Waals surface area (Å²) in [5.74, 6) is -1.58. The Balaban J connectivity index is 0.000000482. The van der Waals surface area contributed by atoms with Crippen molar-refractivity contribution >= 4 is 29.8 Å². The molecule has 2 heterocycles. The SMILES string of the molecule is COC(=O)NN=C(Cc1ccc(F)cc1)N1CCC(CN2Cc3ccccc3C2=O)CC1.O=C(O)C=CC(=O)O. The van der Waals surface area contributed by atoms with Gasteiger partial charge in [0.2, 0.25) is 0 Å². The summed E-state index contributed by atoms with van der Waals surface area (Å²) < 4.78 is 17.9. The third kappa shape index (κ3) is 8.93. The number of hydrogen-bond acceptors (Lipinski definition) is 6. The number of nitrogens with one attached hydrogen (secondary N) is 1. The van der Waals surface area contributed by atoms with Gasteiger partial charge < -0.3 is 24.7 Å². The van der Waals surface area contributed by atoms with Gasteiger partial charge in [0.15, 0.2) is 0 Å². The number of carboxylic acids is 2. The molecule has 3 N–H and O–H groups in total. The first-order valence-electron chi connectivity index (χ1n) is 12.6. The molecule has 4 rings (SSSR count). The van der Waals surface area contributed by atoms with E-state index < -0.39 is 18.0 Å². The molecule has 2 aromatic carbocycles. The second-order valence-electron chi connectivity index (χ2n) is 9.22. The predicted octanol–water partition coefficient (Wildman–Crippen LogP) is 3.12. The van der Waals surface area contributed by atoms with Crippen LogP contribution in [0.15, 0.2) is 65.8 Å². The first-order chi connectivity index (χ1) is 19.2. The van der Waals surface area contributed by atoms with Gasteiger partial charge in [0.25, 0.3) is 5.91 Å². The van der Waals surface area contributed by atoms with Crippen molar-refractivity contribution in [1.29, 1.82) is 0 Å². The van der Waals surface area contributed by atoms with Crippen LogP contribution in [0.4, 0.5) is 9.18 Å². The molecule has 0 saturated carbocycles. The van der Waals surface area contributed by atoms with Gasteiger partial charge in [-0.1, -0.05) is 30.3 Å². The zero-order valence-electron chi connectivity index (χ0n) is 22.0. The fourth-order valence-electron chi connectivity index (χ4n) is 4.45. The van der Waals surface area contributed by atoms with Gasteiger partial charge in [-0.3, -0.25) is 4.79 Å². The van der Waals surface area contributed by atoms with Crippen LogP contribution in [-0.4, -0.2) is 76.5 Å². The second kappa shape index (κ2) is 14.4. The zero-order valence-corrected chi connectivity index (χ0v) is 22.0.